The Morgan fingerprint density at radius 1 is 1.56 bits per heavy atom. The number of hydrogen-bond donors (Lipinski definition) is 0. The number of carbonyl (C=O) groups is 1. The SMILES string of the molecule is CCCc1nccn1-c1csc(C(C)=O)n1. The molecule has 2 heterocycles. The van der Waals surface area contributed by atoms with Gasteiger partial charge in [0, 0.05) is 31.1 Å². The minimum Gasteiger partial charge on any atom is -0.292 e. The molecule has 2 rings (SSSR count). The number of imidazole rings is 1. The zero-order valence-electron chi connectivity index (χ0n) is 9.30. The Labute approximate surface area is 98.0 Å². The molecule has 0 saturated heterocycles. The number of carbonyl (C=O) groups excluding carboxylic acids is 1. The first-order valence-corrected chi connectivity index (χ1v) is 6.09. The van der Waals surface area contributed by atoms with Crippen LogP contribution in [0.25, 0.3) is 5.82 Å². The van der Waals surface area contributed by atoms with Crippen LogP contribution in [0.15, 0.2) is 17.8 Å². The second kappa shape index (κ2) is 4.57. The normalized spacial score (nSPS) is 10.6. The Kier molecular flexibility index (Phi) is 3.14. The number of nitrogens with zero attached hydrogens (tertiary/aromatic N) is 3. The molecule has 0 aliphatic heterocycles. The first-order chi connectivity index (χ1) is 7.72. The van der Waals surface area contributed by atoms with Crippen LogP contribution in [0.2, 0.25) is 0 Å². The van der Waals surface area contributed by atoms with Gasteiger partial charge in [-0.25, -0.2) is 9.97 Å². The van der Waals surface area contributed by atoms with Crippen LogP contribution >= 0.6 is 11.3 Å². The van der Waals surface area contributed by atoms with Crippen LogP contribution in [0.3, 0.4) is 0 Å². The fraction of sp³-hybridized carbons (Fsp3) is 0.364. The van der Waals surface area contributed by atoms with E-state index >= 15 is 0 Å². The molecule has 0 aliphatic carbocycles. The topological polar surface area (TPSA) is 47.8 Å². The smallest absolute Gasteiger partial charge is 0.188 e. The summed E-state index contributed by atoms with van der Waals surface area (Å²) in [6.07, 6.45) is 5.60. The second-order valence-corrected chi connectivity index (χ2v) is 4.39. The molecule has 84 valence electrons. The second-order valence-electron chi connectivity index (χ2n) is 3.53. The van der Waals surface area contributed by atoms with Gasteiger partial charge in [-0.05, 0) is 6.42 Å². The van der Waals surface area contributed by atoms with Crippen LogP contribution in [-0.4, -0.2) is 20.3 Å². The highest BCUT2D eigenvalue weighted by molar-refractivity contribution is 7.11. The van der Waals surface area contributed by atoms with Gasteiger partial charge in [-0.2, -0.15) is 0 Å². The number of thiazole rings is 1. The lowest BCUT2D eigenvalue weighted by Crippen LogP contribution is -2.01. The minimum atomic E-state index is 0.00778. The first-order valence-electron chi connectivity index (χ1n) is 5.21. The van der Waals surface area contributed by atoms with Gasteiger partial charge in [0.2, 0.25) is 0 Å². The third kappa shape index (κ3) is 2.04. The average Bonchev–Trinajstić information content (AvgIpc) is 2.84. The summed E-state index contributed by atoms with van der Waals surface area (Å²) in [5, 5.41) is 2.43. The van der Waals surface area contributed by atoms with Gasteiger partial charge in [-0.3, -0.25) is 9.36 Å². The van der Waals surface area contributed by atoms with Gasteiger partial charge >= 0.3 is 0 Å². The highest BCUT2D eigenvalue weighted by atomic mass is 32.1. The number of hydrogen-bond acceptors (Lipinski definition) is 4. The molecular formula is C11H13N3OS. The van der Waals surface area contributed by atoms with E-state index in [0.29, 0.717) is 5.01 Å². The van der Waals surface area contributed by atoms with Crippen molar-refractivity contribution >= 4 is 17.1 Å². The lowest BCUT2D eigenvalue weighted by molar-refractivity contribution is 0.101. The molecule has 5 heteroatoms. The number of ketones is 1. The monoisotopic (exact) mass is 235 g/mol. The molecule has 2 aromatic rings. The Morgan fingerprint density at radius 3 is 3.00 bits per heavy atom. The number of rotatable bonds is 4. The number of aromatic nitrogens is 3. The third-order valence-corrected chi connectivity index (χ3v) is 3.16. The highest BCUT2D eigenvalue weighted by Crippen LogP contribution is 2.16. The van der Waals surface area contributed by atoms with E-state index in [0.717, 1.165) is 24.5 Å². The maximum Gasteiger partial charge on any atom is 0.188 e. The fourth-order valence-corrected chi connectivity index (χ4v) is 2.18. The van der Waals surface area contributed by atoms with E-state index in [1.54, 1.807) is 6.20 Å². The standard InChI is InChI=1S/C11H13N3OS/c1-3-4-9-12-5-6-14(9)10-7-16-11(13-10)8(2)15/h5-7H,3-4H2,1-2H3. The molecule has 0 saturated carbocycles. The van der Waals surface area contributed by atoms with E-state index in [2.05, 4.69) is 16.9 Å². The fourth-order valence-electron chi connectivity index (χ4n) is 1.49. The zero-order valence-corrected chi connectivity index (χ0v) is 10.1. The third-order valence-electron chi connectivity index (χ3n) is 2.23. The van der Waals surface area contributed by atoms with E-state index in [1.807, 2.05) is 16.1 Å². The molecule has 0 unspecified atom stereocenters. The van der Waals surface area contributed by atoms with Crippen LogP contribution in [0, 0.1) is 0 Å². The molecule has 0 radical (unpaired) electrons. The van der Waals surface area contributed by atoms with Crippen LogP contribution in [-0.2, 0) is 6.42 Å². The predicted octanol–water partition coefficient (Wildman–Crippen LogP) is 2.48. The van der Waals surface area contributed by atoms with Crippen molar-refractivity contribution in [3.8, 4) is 5.82 Å². The van der Waals surface area contributed by atoms with Crippen molar-refractivity contribution in [1.82, 2.24) is 14.5 Å². The van der Waals surface area contributed by atoms with Crippen LogP contribution in [0.4, 0.5) is 0 Å². The van der Waals surface area contributed by atoms with E-state index in [9.17, 15) is 4.79 Å². The van der Waals surface area contributed by atoms with Crippen molar-refractivity contribution in [2.75, 3.05) is 0 Å². The van der Waals surface area contributed by atoms with Crippen LogP contribution in [0.5, 0.6) is 0 Å². The molecule has 0 aliphatic rings. The maximum atomic E-state index is 11.2. The Balaban J connectivity index is 2.34. The van der Waals surface area contributed by atoms with Crippen molar-refractivity contribution in [2.45, 2.75) is 26.7 Å². The van der Waals surface area contributed by atoms with Gasteiger partial charge in [0.1, 0.15) is 11.6 Å². The summed E-state index contributed by atoms with van der Waals surface area (Å²) >= 11 is 1.37. The van der Waals surface area contributed by atoms with Gasteiger partial charge in [0.25, 0.3) is 0 Å². The summed E-state index contributed by atoms with van der Waals surface area (Å²) in [7, 11) is 0. The van der Waals surface area contributed by atoms with Gasteiger partial charge < -0.3 is 0 Å². The van der Waals surface area contributed by atoms with E-state index < -0.39 is 0 Å². The van der Waals surface area contributed by atoms with E-state index in [-0.39, 0.29) is 5.78 Å². The van der Waals surface area contributed by atoms with Crippen LogP contribution < -0.4 is 0 Å². The molecule has 0 bridgehead atoms. The van der Waals surface area contributed by atoms with Crippen molar-refractivity contribution in [2.24, 2.45) is 0 Å². The van der Waals surface area contributed by atoms with Gasteiger partial charge in [0.05, 0.1) is 0 Å². The Bertz CT molecular complexity index is 501. The molecule has 2 aromatic heterocycles. The van der Waals surface area contributed by atoms with Gasteiger partial charge in [-0.1, -0.05) is 6.92 Å². The lowest BCUT2D eigenvalue weighted by Gasteiger charge is -2.02. The molecule has 0 fully saturated rings. The molecular weight excluding hydrogens is 222 g/mol. The molecule has 4 nitrogen and oxygen atoms in total. The Hall–Kier alpha value is -1.49. The van der Waals surface area contributed by atoms with Gasteiger partial charge in [-0.15, -0.1) is 11.3 Å². The highest BCUT2D eigenvalue weighted by Gasteiger charge is 2.10. The lowest BCUT2D eigenvalue weighted by atomic mass is 10.3. The molecule has 0 amide bonds. The molecule has 16 heavy (non-hydrogen) atoms. The predicted molar refractivity (Wildman–Crippen MR) is 63.2 cm³/mol. The summed E-state index contributed by atoms with van der Waals surface area (Å²) in [4.78, 5) is 19.7. The zero-order chi connectivity index (χ0) is 11.5. The van der Waals surface area contributed by atoms with Crippen molar-refractivity contribution in [3.05, 3.63) is 28.6 Å². The minimum absolute atomic E-state index is 0.00778. The van der Waals surface area contributed by atoms with E-state index in [4.69, 9.17) is 0 Å². The van der Waals surface area contributed by atoms with Gasteiger partial charge in [0.15, 0.2) is 10.8 Å². The number of Topliss-reactive ketones (excluding diaryl/α,β-unsaturated/α-hetero) is 1. The van der Waals surface area contributed by atoms with Crippen molar-refractivity contribution in [3.63, 3.8) is 0 Å². The summed E-state index contributed by atoms with van der Waals surface area (Å²) < 4.78 is 1.94. The number of aryl methyl sites for hydroxylation is 1. The summed E-state index contributed by atoms with van der Waals surface area (Å²) in [6, 6.07) is 0. The van der Waals surface area contributed by atoms with E-state index in [1.165, 1.54) is 18.3 Å². The molecule has 0 atom stereocenters. The summed E-state index contributed by atoms with van der Waals surface area (Å²) in [6.45, 7) is 3.64. The molecule has 0 spiro atoms. The maximum absolute atomic E-state index is 11.2. The van der Waals surface area contributed by atoms with Crippen LogP contribution in [0.1, 0.15) is 35.9 Å². The van der Waals surface area contributed by atoms with Crippen molar-refractivity contribution < 1.29 is 4.79 Å². The van der Waals surface area contributed by atoms with Crippen molar-refractivity contribution in [1.29, 1.82) is 0 Å². The Morgan fingerprint density at radius 2 is 2.38 bits per heavy atom. The average molecular weight is 235 g/mol. The summed E-state index contributed by atoms with van der Waals surface area (Å²) in [5.74, 6) is 1.78. The first kappa shape index (κ1) is 11.0. The molecule has 0 aromatic carbocycles. The molecule has 0 N–H and O–H groups in total. The quantitative estimate of drug-likeness (QED) is 0.765. The largest absolute Gasteiger partial charge is 0.292 e. The summed E-state index contributed by atoms with van der Waals surface area (Å²) in [5.41, 5.74) is 0.